The van der Waals surface area contributed by atoms with Gasteiger partial charge in [0.2, 0.25) is 5.52 Å². The predicted molar refractivity (Wildman–Crippen MR) is 129 cm³/mol. The molecule has 0 bridgehead atoms. The first-order valence-corrected chi connectivity index (χ1v) is 11.2. The third kappa shape index (κ3) is 3.63. The van der Waals surface area contributed by atoms with Crippen LogP contribution in [0.3, 0.4) is 0 Å². The maximum atomic E-state index is 6.13. The highest BCUT2D eigenvalue weighted by molar-refractivity contribution is 7.18. The first-order chi connectivity index (χ1) is 15.3. The highest BCUT2D eigenvalue weighted by atomic mass is 32.1. The fourth-order valence-corrected chi connectivity index (χ4v) is 5.02. The van der Waals surface area contributed by atoms with E-state index in [-0.39, 0.29) is 0 Å². The Morgan fingerprint density at radius 3 is 2.52 bits per heavy atom. The summed E-state index contributed by atoms with van der Waals surface area (Å²) in [5.41, 5.74) is 11.4. The molecule has 4 aromatic rings. The molecule has 0 radical (unpaired) electrons. The largest absolute Gasteiger partial charge is 0.477 e. The van der Waals surface area contributed by atoms with E-state index in [1.807, 2.05) is 18.2 Å². The number of nitrogens with zero attached hydrogens (tertiary/aromatic N) is 2. The summed E-state index contributed by atoms with van der Waals surface area (Å²) < 4.78 is 9.65. The molecule has 0 atom stereocenters. The van der Waals surface area contributed by atoms with E-state index >= 15 is 0 Å². The summed E-state index contributed by atoms with van der Waals surface area (Å²) in [6.45, 7) is 0.924. The van der Waals surface area contributed by atoms with Gasteiger partial charge in [0.15, 0.2) is 5.88 Å². The van der Waals surface area contributed by atoms with Crippen molar-refractivity contribution < 1.29 is 9.30 Å². The van der Waals surface area contributed by atoms with Gasteiger partial charge in [-0.25, -0.2) is 0 Å². The lowest BCUT2D eigenvalue weighted by Crippen LogP contribution is -2.29. The van der Waals surface area contributed by atoms with Crippen LogP contribution in [0.4, 0.5) is 11.4 Å². The summed E-state index contributed by atoms with van der Waals surface area (Å²) in [6.07, 6.45) is 4.37. The third-order valence-electron chi connectivity index (χ3n) is 5.39. The minimum Gasteiger partial charge on any atom is -0.477 e. The van der Waals surface area contributed by atoms with Crippen LogP contribution >= 0.6 is 11.3 Å². The summed E-state index contributed by atoms with van der Waals surface area (Å²) in [7, 11) is 2.12. The molecule has 2 heterocycles. The first-order valence-electron chi connectivity index (χ1n) is 10.3. The van der Waals surface area contributed by atoms with Crippen LogP contribution in [0.25, 0.3) is 21.9 Å². The predicted octanol–water partition coefficient (Wildman–Crippen LogP) is 5.23. The molecule has 31 heavy (non-hydrogen) atoms. The Labute approximate surface area is 186 Å². The summed E-state index contributed by atoms with van der Waals surface area (Å²) in [5, 5.41) is 1.19. The SMILES string of the molecule is C[n+]1c(C=C2C=C(OCCN)N(c3ccccc3)c3ccccc32)sc2ccccc21. The van der Waals surface area contributed by atoms with Crippen molar-refractivity contribution in [1.82, 2.24) is 0 Å². The smallest absolute Gasteiger partial charge is 0.263 e. The van der Waals surface area contributed by atoms with E-state index in [0.717, 1.165) is 22.8 Å². The third-order valence-corrected chi connectivity index (χ3v) is 6.55. The first kappa shape index (κ1) is 19.5. The van der Waals surface area contributed by atoms with Gasteiger partial charge in [0, 0.05) is 36.0 Å². The number of rotatable bonds is 5. The van der Waals surface area contributed by atoms with Crippen molar-refractivity contribution in [3.8, 4) is 0 Å². The molecule has 1 aliphatic rings. The topological polar surface area (TPSA) is 42.4 Å². The van der Waals surface area contributed by atoms with Gasteiger partial charge in [-0.3, -0.25) is 4.90 Å². The van der Waals surface area contributed by atoms with Crippen LogP contribution in [0.5, 0.6) is 0 Å². The molecule has 0 aliphatic carbocycles. The van der Waals surface area contributed by atoms with Gasteiger partial charge >= 0.3 is 0 Å². The summed E-state index contributed by atoms with van der Waals surface area (Å²) in [5.74, 6) is 0.783. The number of para-hydroxylation sites is 3. The molecule has 0 fully saturated rings. The number of thiazole rings is 1. The minimum atomic E-state index is 0.460. The van der Waals surface area contributed by atoms with Crippen molar-refractivity contribution in [2.24, 2.45) is 12.8 Å². The van der Waals surface area contributed by atoms with E-state index in [4.69, 9.17) is 10.5 Å². The van der Waals surface area contributed by atoms with Crippen LogP contribution in [-0.2, 0) is 11.8 Å². The van der Waals surface area contributed by atoms with Crippen LogP contribution in [0.15, 0.2) is 90.8 Å². The van der Waals surface area contributed by atoms with Gasteiger partial charge in [-0.15, -0.1) is 0 Å². The van der Waals surface area contributed by atoms with E-state index in [9.17, 15) is 0 Å². The average molecular weight is 427 g/mol. The lowest BCUT2D eigenvalue weighted by atomic mass is 9.98. The van der Waals surface area contributed by atoms with Crippen molar-refractivity contribution >= 4 is 44.6 Å². The van der Waals surface area contributed by atoms with Crippen molar-refractivity contribution in [1.29, 1.82) is 0 Å². The highest BCUT2D eigenvalue weighted by Gasteiger charge is 2.26. The number of hydrogen-bond acceptors (Lipinski definition) is 4. The number of aromatic nitrogens is 1. The van der Waals surface area contributed by atoms with E-state index in [2.05, 4.69) is 89.3 Å². The Morgan fingerprint density at radius 1 is 0.968 bits per heavy atom. The molecule has 4 nitrogen and oxygen atoms in total. The molecule has 0 unspecified atom stereocenters. The number of anilines is 2. The molecule has 5 heteroatoms. The fraction of sp³-hybridized carbons (Fsp3) is 0.115. The van der Waals surface area contributed by atoms with E-state index in [0.29, 0.717) is 13.2 Å². The van der Waals surface area contributed by atoms with E-state index < -0.39 is 0 Å². The zero-order valence-corrected chi connectivity index (χ0v) is 18.2. The Kier molecular flexibility index (Phi) is 5.28. The van der Waals surface area contributed by atoms with Crippen molar-refractivity contribution in [2.75, 3.05) is 18.1 Å². The van der Waals surface area contributed by atoms with Crippen LogP contribution in [0, 0.1) is 0 Å². The standard InChI is InChI=1S/C26H24N3OS/c1-28-23-13-7-8-14-24(23)31-26(28)18-19-17-25(30-16-15-27)29(20-9-3-2-4-10-20)22-12-6-5-11-21(19)22/h2-14,17-18H,15-16,27H2,1H3/q+1. The monoisotopic (exact) mass is 426 g/mol. The molecule has 1 aromatic heterocycles. The summed E-state index contributed by atoms with van der Waals surface area (Å²) >= 11 is 1.79. The second kappa shape index (κ2) is 8.38. The molecular formula is C26H24N3OS+. The van der Waals surface area contributed by atoms with E-state index in [1.54, 1.807) is 11.3 Å². The van der Waals surface area contributed by atoms with Gasteiger partial charge < -0.3 is 10.5 Å². The lowest BCUT2D eigenvalue weighted by molar-refractivity contribution is -0.642. The molecule has 2 N–H and O–H groups in total. The maximum absolute atomic E-state index is 6.13. The molecule has 0 spiro atoms. The Hall–Kier alpha value is -3.41. The van der Waals surface area contributed by atoms with Gasteiger partial charge in [-0.2, -0.15) is 4.57 Å². The molecule has 3 aromatic carbocycles. The molecule has 1 aliphatic heterocycles. The van der Waals surface area contributed by atoms with Gasteiger partial charge in [-0.05, 0) is 29.8 Å². The second-order valence-electron chi connectivity index (χ2n) is 7.37. The second-order valence-corrected chi connectivity index (χ2v) is 8.44. The van der Waals surface area contributed by atoms with Crippen molar-refractivity contribution in [2.45, 2.75) is 0 Å². The molecule has 0 amide bonds. The van der Waals surface area contributed by atoms with E-state index in [1.165, 1.54) is 20.8 Å². The molecule has 0 saturated carbocycles. The molecule has 154 valence electrons. The maximum Gasteiger partial charge on any atom is 0.263 e. The number of aryl methyl sites for hydroxylation is 1. The summed E-state index contributed by atoms with van der Waals surface area (Å²) in [4.78, 5) is 2.16. The summed E-state index contributed by atoms with van der Waals surface area (Å²) in [6, 6.07) is 27.2. The minimum absolute atomic E-state index is 0.460. The normalized spacial score (nSPS) is 14.6. The number of fused-ring (bicyclic) bond motifs is 2. The Morgan fingerprint density at radius 2 is 1.71 bits per heavy atom. The molecule has 0 saturated heterocycles. The Bertz CT molecular complexity index is 1290. The van der Waals surface area contributed by atoms with Gasteiger partial charge in [0.25, 0.3) is 5.01 Å². The van der Waals surface area contributed by atoms with Crippen LogP contribution in [-0.4, -0.2) is 13.2 Å². The van der Waals surface area contributed by atoms with Gasteiger partial charge in [-0.1, -0.05) is 59.9 Å². The molecule has 5 rings (SSSR count). The number of allylic oxidation sites excluding steroid dienone is 2. The van der Waals surface area contributed by atoms with Crippen LogP contribution in [0.2, 0.25) is 0 Å². The Balaban J connectivity index is 1.68. The van der Waals surface area contributed by atoms with Gasteiger partial charge in [0.05, 0.1) is 5.69 Å². The van der Waals surface area contributed by atoms with Gasteiger partial charge in [0.1, 0.15) is 18.4 Å². The highest BCUT2D eigenvalue weighted by Crippen LogP contribution is 2.42. The number of ether oxygens (including phenoxy) is 1. The molecular weight excluding hydrogens is 402 g/mol. The average Bonchev–Trinajstić information content (AvgIpc) is 3.13. The van der Waals surface area contributed by atoms with Crippen LogP contribution < -0.4 is 15.2 Å². The van der Waals surface area contributed by atoms with Crippen molar-refractivity contribution in [3.05, 3.63) is 101 Å². The number of hydrogen-bond donors (Lipinski definition) is 1. The number of nitrogens with two attached hydrogens (primary N) is 1. The van der Waals surface area contributed by atoms with Crippen LogP contribution in [0.1, 0.15) is 10.6 Å². The van der Waals surface area contributed by atoms with Crippen molar-refractivity contribution in [3.63, 3.8) is 0 Å². The zero-order chi connectivity index (χ0) is 21.2. The fourth-order valence-electron chi connectivity index (χ4n) is 3.92. The zero-order valence-electron chi connectivity index (χ0n) is 17.4. The lowest BCUT2D eigenvalue weighted by Gasteiger charge is -2.32. The number of benzene rings is 3. The quantitative estimate of drug-likeness (QED) is 0.444.